The van der Waals surface area contributed by atoms with Crippen LogP contribution in [0.5, 0.6) is 0 Å². The van der Waals surface area contributed by atoms with Crippen molar-refractivity contribution in [3.8, 4) is 6.07 Å². The van der Waals surface area contributed by atoms with Gasteiger partial charge in [0.25, 0.3) is 0 Å². The van der Waals surface area contributed by atoms with Crippen molar-refractivity contribution < 1.29 is 0 Å². The van der Waals surface area contributed by atoms with Crippen molar-refractivity contribution in [2.75, 3.05) is 18.4 Å². The number of aromatic nitrogens is 2. The topological polar surface area (TPSA) is 74.0 Å². The van der Waals surface area contributed by atoms with Crippen LogP contribution in [0.4, 0.5) is 5.82 Å². The van der Waals surface area contributed by atoms with E-state index in [0.29, 0.717) is 17.6 Å². The SMILES string of the molecule is CCCC(CCC#N)C1=NC[C@H](c2ncnc3c2CCN3)S1. The van der Waals surface area contributed by atoms with Crippen molar-refractivity contribution in [3.05, 3.63) is 17.6 Å². The van der Waals surface area contributed by atoms with Crippen molar-refractivity contribution in [1.29, 1.82) is 5.26 Å². The molecular formula is C16H21N5S. The molecule has 2 aliphatic rings. The van der Waals surface area contributed by atoms with E-state index in [-0.39, 0.29) is 0 Å². The highest BCUT2D eigenvalue weighted by molar-refractivity contribution is 8.14. The lowest BCUT2D eigenvalue weighted by Gasteiger charge is -2.16. The zero-order valence-corrected chi connectivity index (χ0v) is 13.7. The summed E-state index contributed by atoms with van der Waals surface area (Å²) < 4.78 is 0. The van der Waals surface area contributed by atoms with Crippen LogP contribution >= 0.6 is 11.8 Å². The van der Waals surface area contributed by atoms with Crippen LogP contribution in [0.15, 0.2) is 11.3 Å². The first-order valence-electron chi connectivity index (χ1n) is 7.99. The van der Waals surface area contributed by atoms with Crippen molar-refractivity contribution in [2.24, 2.45) is 10.9 Å². The maximum Gasteiger partial charge on any atom is 0.132 e. The molecule has 0 bridgehead atoms. The number of hydrogen-bond acceptors (Lipinski definition) is 6. The Balaban J connectivity index is 1.71. The molecule has 1 aromatic rings. The predicted octanol–water partition coefficient (Wildman–Crippen LogP) is 3.35. The Kier molecular flexibility index (Phi) is 4.94. The number of fused-ring (bicyclic) bond motifs is 1. The summed E-state index contributed by atoms with van der Waals surface area (Å²) in [6, 6.07) is 2.26. The van der Waals surface area contributed by atoms with Crippen molar-refractivity contribution >= 4 is 22.6 Å². The largest absolute Gasteiger partial charge is 0.369 e. The van der Waals surface area contributed by atoms with Crippen molar-refractivity contribution in [1.82, 2.24) is 9.97 Å². The Morgan fingerprint density at radius 1 is 1.45 bits per heavy atom. The van der Waals surface area contributed by atoms with Crippen LogP contribution in [0, 0.1) is 17.2 Å². The first-order valence-corrected chi connectivity index (χ1v) is 8.87. The molecule has 116 valence electrons. The van der Waals surface area contributed by atoms with E-state index < -0.39 is 0 Å². The van der Waals surface area contributed by atoms with Gasteiger partial charge in [0.2, 0.25) is 0 Å². The molecule has 2 atom stereocenters. The fourth-order valence-corrected chi connectivity index (χ4v) is 4.48. The summed E-state index contributed by atoms with van der Waals surface area (Å²) >= 11 is 1.85. The summed E-state index contributed by atoms with van der Waals surface area (Å²) in [6.07, 6.45) is 6.44. The minimum atomic E-state index is 0.313. The fourth-order valence-electron chi connectivity index (χ4n) is 3.15. The van der Waals surface area contributed by atoms with E-state index in [1.165, 1.54) is 10.6 Å². The first kappa shape index (κ1) is 15.3. The molecule has 2 aliphatic heterocycles. The van der Waals surface area contributed by atoms with Crippen LogP contribution in [-0.4, -0.2) is 28.1 Å². The lowest BCUT2D eigenvalue weighted by Crippen LogP contribution is -2.10. The van der Waals surface area contributed by atoms with Crippen LogP contribution in [0.1, 0.15) is 49.1 Å². The van der Waals surface area contributed by atoms with E-state index in [0.717, 1.165) is 50.3 Å². The van der Waals surface area contributed by atoms with Crippen molar-refractivity contribution in [2.45, 2.75) is 44.3 Å². The number of thioether (sulfide) groups is 1. The standard InChI is InChI=1S/C16H21N5S/c1-2-4-11(5-3-7-17)16-19-9-13(22-16)14-12-6-8-18-15(12)21-10-20-14/h10-11,13H,2-6,8-9H2,1H3,(H,18,20,21)/t11?,13-/m1/s1. The Morgan fingerprint density at radius 2 is 2.36 bits per heavy atom. The average Bonchev–Trinajstić information content (AvgIpc) is 3.19. The molecule has 1 N–H and O–H groups in total. The highest BCUT2D eigenvalue weighted by atomic mass is 32.2. The molecule has 3 rings (SSSR count). The monoisotopic (exact) mass is 315 g/mol. The van der Waals surface area contributed by atoms with E-state index in [1.807, 2.05) is 11.8 Å². The Morgan fingerprint density at radius 3 is 3.18 bits per heavy atom. The molecule has 22 heavy (non-hydrogen) atoms. The molecule has 0 saturated carbocycles. The van der Waals surface area contributed by atoms with E-state index >= 15 is 0 Å². The molecule has 5 nitrogen and oxygen atoms in total. The van der Waals surface area contributed by atoms with Gasteiger partial charge in [-0.05, 0) is 19.3 Å². The van der Waals surface area contributed by atoms with Gasteiger partial charge < -0.3 is 5.32 Å². The smallest absolute Gasteiger partial charge is 0.132 e. The quantitative estimate of drug-likeness (QED) is 0.871. The van der Waals surface area contributed by atoms with Gasteiger partial charge in [-0.15, -0.1) is 0 Å². The summed E-state index contributed by atoms with van der Waals surface area (Å²) in [4.78, 5) is 13.6. The maximum absolute atomic E-state index is 8.84. The van der Waals surface area contributed by atoms with Crippen LogP contribution < -0.4 is 5.32 Å². The molecule has 0 aromatic carbocycles. The van der Waals surface area contributed by atoms with Gasteiger partial charge in [0.1, 0.15) is 12.1 Å². The molecule has 0 radical (unpaired) electrons. The maximum atomic E-state index is 8.84. The minimum Gasteiger partial charge on any atom is -0.369 e. The van der Waals surface area contributed by atoms with E-state index in [4.69, 9.17) is 10.3 Å². The van der Waals surface area contributed by atoms with Gasteiger partial charge in [-0.1, -0.05) is 25.1 Å². The van der Waals surface area contributed by atoms with E-state index in [2.05, 4.69) is 28.3 Å². The van der Waals surface area contributed by atoms with Crippen molar-refractivity contribution in [3.63, 3.8) is 0 Å². The van der Waals surface area contributed by atoms with E-state index in [9.17, 15) is 0 Å². The third kappa shape index (κ3) is 3.09. The fraction of sp³-hybridized carbons (Fsp3) is 0.625. The minimum absolute atomic E-state index is 0.313. The number of rotatable bonds is 6. The predicted molar refractivity (Wildman–Crippen MR) is 90.1 cm³/mol. The second kappa shape index (κ2) is 7.10. The Bertz CT molecular complexity index is 607. The third-order valence-electron chi connectivity index (χ3n) is 4.22. The van der Waals surface area contributed by atoms with E-state index in [1.54, 1.807) is 6.33 Å². The molecule has 0 fully saturated rings. The van der Waals surface area contributed by atoms with Gasteiger partial charge >= 0.3 is 0 Å². The van der Waals surface area contributed by atoms with Gasteiger partial charge in [0, 0.05) is 24.4 Å². The molecular weight excluding hydrogens is 294 g/mol. The van der Waals surface area contributed by atoms with Gasteiger partial charge in [0.15, 0.2) is 0 Å². The molecule has 0 amide bonds. The number of anilines is 1. The first-order chi connectivity index (χ1) is 10.8. The van der Waals surface area contributed by atoms with Gasteiger partial charge in [-0.2, -0.15) is 5.26 Å². The summed E-state index contributed by atoms with van der Waals surface area (Å²) in [5, 5.41) is 13.7. The lowest BCUT2D eigenvalue weighted by molar-refractivity contribution is 0.581. The summed E-state index contributed by atoms with van der Waals surface area (Å²) in [5.74, 6) is 1.43. The summed E-state index contributed by atoms with van der Waals surface area (Å²) in [5.41, 5.74) is 2.41. The molecule has 0 saturated heterocycles. The normalized spacial score (nSPS) is 20.9. The van der Waals surface area contributed by atoms with Crippen LogP contribution in [-0.2, 0) is 6.42 Å². The van der Waals surface area contributed by atoms with Crippen LogP contribution in [0.3, 0.4) is 0 Å². The zero-order valence-electron chi connectivity index (χ0n) is 12.9. The second-order valence-electron chi connectivity index (χ2n) is 5.73. The summed E-state index contributed by atoms with van der Waals surface area (Å²) in [7, 11) is 0. The zero-order chi connectivity index (χ0) is 15.4. The highest BCUT2D eigenvalue weighted by Gasteiger charge is 2.30. The molecule has 1 unspecified atom stereocenters. The number of nitrogens with zero attached hydrogens (tertiary/aromatic N) is 4. The second-order valence-corrected chi connectivity index (χ2v) is 6.95. The van der Waals surface area contributed by atoms with Gasteiger partial charge in [-0.3, -0.25) is 4.99 Å². The molecule has 1 aromatic heterocycles. The third-order valence-corrected chi connectivity index (χ3v) is 5.58. The van der Waals surface area contributed by atoms with Crippen LogP contribution in [0.2, 0.25) is 0 Å². The molecule has 0 aliphatic carbocycles. The number of aliphatic imine (C=N–C) groups is 1. The lowest BCUT2D eigenvalue weighted by atomic mass is 9.99. The number of nitriles is 1. The number of hydrogen-bond donors (Lipinski definition) is 1. The molecule has 6 heteroatoms. The molecule has 3 heterocycles. The summed E-state index contributed by atoms with van der Waals surface area (Å²) in [6.45, 7) is 3.95. The highest BCUT2D eigenvalue weighted by Crippen LogP contribution is 2.41. The average molecular weight is 315 g/mol. The Hall–Kier alpha value is -1.61. The number of nitrogens with one attached hydrogen (secondary N) is 1. The van der Waals surface area contributed by atoms with Crippen LogP contribution in [0.25, 0.3) is 0 Å². The van der Waals surface area contributed by atoms with Gasteiger partial charge in [-0.25, -0.2) is 9.97 Å². The van der Waals surface area contributed by atoms with Gasteiger partial charge in [0.05, 0.1) is 28.6 Å². The molecule has 0 spiro atoms. The Labute approximate surface area is 135 Å².